The molecule has 0 aliphatic carbocycles. The molecule has 1 fully saturated rings. The molecule has 2 N–H and O–H groups in total. The van der Waals surface area contributed by atoms with Gasteiger partial charge in [0.1, 0.15) is 6.54 Å². The lowest BCUT2D eigenvalue weighted by atomic mass is 10.0. The van der Waals surface area contributed by atoms with Crippen molar-refractivity contribution < 1.29 is 4.79 Å². The average Bonchev–Trinajstić information content (AvgIpc) is 3.40. The van der Waals surface area contributed by atoms with Crippen LogP contribution in [0.15, 0.2) is 97.2 Å². The number of amides is 1. The van der Waals surface area contributed by atoms with Gasteiger partial charge in [-0.2, -0.15) is 0 Å². The third kappa shape index (κ3) is 4.30. The Morgan fingerprint density at radius 2 is 1.68 bits per heavy atom. The number of carbonyl (C=O) groups excluding carboxylic acids is 1. The molecule has 2 atom stereocenters. The molecule has 34 heavy (non-hydrogen) atoms. The van der Waals surface area contributed by atoms with E-state index in [0.29, 0.717) is 5.11 Å². The summed E-state index contributed by atoms with van der Waals surface area (Å²) in [4.78, 5) is 19.6. The van der Waals surface area contributed by atoms with Crippen LogP contribution in [0.4, 0.5) is 5.69 Å². The maximum absolute atomic E-state index is 13.0. The normalized spacial score (nSPS) is 17.4. The van der Waals surface area contributed by atoms with E-state index in [1.54, 1.807) is 6.20 Å². The van der Waals surface area contributed by atoms with Gasteiger partial charge >= 0.3 is 0 Å². The number of hydrogen-bond acceptors (Lipinski definition) is 3. The van der Waals surface area contributed by atoms with Gasteiger partial charge in [0, 0.05) is 29.0 Å². The summed E-state index contributed by atoms with van der Waals surface area (Å²) in [7, 11) is 0. The van der Waals surface area contributed by atoms with Gasteiger partial charge in [0.15, 0.2) is 5.11 Å². The monoisotopic (exact) mass is 467 g/mol. The van der Waals surface area contributed by atoms with Gasteiger partial charge < -0.3 is 20.1 Å². The number of pyridine rings is 1. The number of anilines is 1. The highest BCUT2D eigenvalue weighted by Gasteiger charge is 2.42. The third-order valence-electron chi connectivity index (χ3n) is 5.99. The van der Waals surface area contributed by atoms with Gasteiger partial charge in [-0.05, 0) is 67.7 Å². The smallest absolute Gasteiger partial charge is 0.244 e. The number of benzene rings is 2. The fourth-order valence-electron chi connectivity index (χ4n) is 4.49. The maximum atomic E-state index is 13.0. The molecule has 1 aliphatic rings. The molecule has 7 heteroatoms. The first-order chi connectivity index (χ1) is 16.6. The first kappa shape index (κ1) is 21.9. The Bertz CT molecular complexity index is 1290. The summed E-state index contributed by atoms with van der Waals surface area (Å²) in [5.74, 6) is -0.128. The fraction of sp³-hybridized carbons (Fsp3) is 0.148. The van der Waals surface area contributed by atoms with Crippen LogP contribution in [0.2, 0.25) is 0 Å². The van der Waals surface area contributed by atoms with Gasteiger partial charge in [-0.15, -0.1) is 0 Å². The molecule has 0 unspecified atom stereocenters. The van der Waals surface area contributed by atoms with Crippen LogP contribution in [0.25, 0.3) is 5.69 Å². The van der Waals surface area contributed by atoms with Crippen molar-refractivity contribution >= 4 is 28.9 Å². The summed E-state index contributed by atoms with van der Waals surface area (Å²) in [6.45, 7) is 2.20. The molecule has 5 rings (SSSR count). The van der Waals surface area contributed by atoms with E-state index >= 15 is 0 Å². The summed E-state index contributed by atoms with van der Waals surface area (Å²) in [5, 5.41) is 6.93. The van der Waals surface area contributed by atoms with Crippen LogP contribution >= 0.6 is 12.2 Å². The number of thiocarbonyl (C=S) groups is 1. The summed E-state index contributed by atoms with van der Waals surface area (Å²) in [5.41, 5.74) is 4.84. The van der Waals surface area contributed by atoms with Crippen LogP contribution in [0.3, 0.4) is 0 Å². The average molecular weight is 468 g/mol. The molecule has 2 aromatic heterocycles. The molecule has 6 nitrogen and oxygen atoms in total. The Morgan fingerprint density at radius 1 is 0.971 bits per heavy atom. The molecule has 1 saturated heterocycles. The molecule has 1 aliphatic heterocycles. The van der Waals surface area contributed by atoms with Crippen molar-refractivity contribution in [2.45, 2.75) is 19.0 Å². The van der Waals surface area contributed by atoms with Crippen molar-refractivity contribution in [2.75, 3.05) is 11.9 Å². The van der Waals surface area contributed by atoms with Gasteiger partial charge in [0.25, 0.3) is 0 Å². The van der Waals surface area contributed by atoms with Crippen molar-refractivity contribution in [1.82, 2.24) is 19.8 Å². The number of aromatic nitrogens is 2. The summed E-state index contributed by atoms with van der Waals surface area (Å²) < 4.78 is 2.22. The molecule has 0 spiro atoms. The van der Waals surface area contributed by atoms with Gasteiger partial charge in [-0.1, -0.05) is 42.5 Å². The first-order valence-corrected chi connectivity index (χ1v) is 11.6. The number of carbonyl (C=O) groups is 1. The Morgan fingerprint density at radius 3 is 2.38 bits per heavy atom. The van der Waals surface area contributed by atoms with Crippen molar-refractivity contribution in [3.05, 3.63) is 114 Å². The number of rotatable bonds is 6. The zero-order chi connectivity index (χ0) is 23.5. The second kappa shape index (κ2) is 9.49. The number of nitrogens with zero attached hydrogens (tertiary/aromatic N) is 3. The molecule has 3 heterocycles. The van der Waals surface area contributed by atoms with E-state index in [9.17, 15) is 4.79 Å². The topological polar surface area (TPSA) is 62.2 Å². The van der Waals surface area contributed by atoms with Crippen LogP contribution in [0.1, 0.15) is 29.2 Å². The Kier molecular flexibility index (Phi) is 6.10. The Balaban J connectivity index is 1.54. The second-order valence-corrected chi connectivity index (χ2v) is 8.63. The molecule has 4 aromatic rings. The molecular formula is C27H25N5OS. The zero-order valence-corrected chi connectivity index (χ0v) is 19.6. The van der Waals surface area contributed by atoms with Crippen LogP contribution in [-0.4, -0.2) is 32.0 Å². The molecule has 0 radical (unpaired) electrons. The predicted molar refractivity (Wildman–Crippen MR) is 138 cm³/mol. The van der Waals surface area contributed by atoms with Gasteiger partial charge in [0.2, 0.25) is 5.91 Å². The van der Waals surface area contributed by atoms with Gasteiger partial charge in [-0.3, -0.25) is 9.78 Å². The lowest BCUT2D eigenvalue weighted by Gasteiger charge is -2.29. The Labute approximate surface area is 204 Å². The van der Waals surface area contributed by atoms with E-state index in [1.807, 2.05) is 71.6 Å². The standard InChI is InChI=1S/C27H25N5OS/c1-19-15-16-23(32(19)21-12-6-3-7-13-21)26-25(22-14-8-9-17-28-22)30-27(34)31(26)18-24(33)29-20-10-4-2-5-11-20/h2-17,25-26H,18H2,1H3,(H,29,33)(H,30,34)/t25-,26+/m0/s1. The molecule has 2 aromatic carbocycles. The molecular weight excluding hydrogens is 442 g/mol. The maximum Gasteiger partial charge on any atom is 0.244 e. The van der Waals surface area contributed by atoms with E-state index in [4.69, 9.17) is 12.2 Å². The van der Waals surface area contributed by atoms with E-state index in [-0.39, 0.29) is 24.5 Å². The van der Waals surface area contributed by atoms with E-state index in [2.05, 4.69) is 51.4 Å². The number of para-hydroxylation sites is 2. The van der Waals surface area contributed by atoms with Crippen molar-refractivity contribution in [1.29, 1.82) is 0 Å². The predicted octanol–water partition coefficient (Wildman–Crippen LogP) is 4.79. The van der Waals surface area contributed by atoms with Crippen LogP contribution in [0, 0.1) is 6.92 Å². The quantitative estimate of drug-likeness (QED) is 0.399. The molecule has 170 valence electrons. The lowest BCUT2D eigenvalue weighted by Crippen LogP contribution is -2.37. The minimum Gasteiger partial charge on any atom is -0.352 e. The van der Waals surface area contributed by atoms with Crippen LogP contribution < -0.4 is 10.6 Å². The molecule has 0 saturated carbocycles. The highest BCUT2D eigenvalue weighted by Crippen LogP contribution is 2.40. The lowest BCUT2D eigenvalue weighted by molar-refractivity contribution is -0.116. The van der Waals surface area contributed by atoms with Gasteiger partial charge in [-0.25, -0.2) is 0 Å². The SMILES string of the molecule is Cc1ccc([C@@H]2[C@H](c3ccccn3)NC(=S)N2CC(=O)Nc2ccccc2)n1-c1ccccc1. The summed E-state index contributed by atoms with van der Waals surface area (Å²) in [6.07, 6.45) is 1.78. The first-order valence-electron chi connectivity index (χ1n) is 11.2. The highest BCUT2D eigenvalue weighted by atomic mass is 32.1. The largest absolute Gasteiger partial charge is 0.352 e. The molecule has 1 amide bonds. The minimum atomic E-state index is -0.224. The minimum absolute atomic E-state index is 0.119. The Hall–Kier alpha value is -3.97. The van der Waals surface area contributed by atoms with Crippen LogP contribution in [-0.2, 0) is 4.79 Å². The van der Waals surface area contributed by atoms with Gasteiger partial charge in [0.05, 0.1) is 17.8 Å². The third-order valence-corrected chi connectivity index (χ3v) is 6.35. The summed E-state index contributed by atoms with van der Waals surface area (Å²) >= 11 is 5.74. The number of hydrogen-bond donors (Lipinski definition) is 2. The van der Waals surface area contributed by atoms with E-state index in [0.717, 1.165) is 28.5 Å². The van der Waals surface area contributed by atoms with Crippen molar-refractivity contribution in [2.24, 2.45) is 0 Å². The van der Waals surface area contributed by atoms with Crippen molar-refractivity contribution in [3.63, 3.8) is 0 Å². The summed E-state index contributed by atoms with van der Waals surface area (Å²) in [6, 6.07) is 29.3. The van der Waals surface area contributed by atoms with E-state index < -0.39 is 0 Å². The van der Waals surface area contributed by atoms with Crippen molar-refractivity contribution in [3.8, 4) is 5.69 Å². The van der Waals surface area contributed by atoms with E-state index in [1.165, 1.54) is 0 Å². The number of nitrogens with one attached hydrogen (secondary N) is 2. The number of aryl methyl sites for hydroxylation is 1. The fourth-order valence-corrected chi connectivity index (χ4v) is 4.80. The van der Waals surface area contributed by atoms with Crippen LogP contribution in [0.5, 0.6) is 0 Å². The molecule has 0 bridgehead atoms. The second-order valence-electron chi connectivity index (χ2n) is 8.24. The highest BCUT2D eigenvalue weighted by molar-refractivity contribution is 7.80. The zero-order valence-electron chi connectivity index (χ0n) is 18.8.